The highest BCUT2D eigenvalue weighted by atomic mass is 16.2. The molecule has 2 heterocycles. The van der Waals surface area contributed by atoms with E-state index in [9.17, 15) is 14.4 Å². The van der Waals surface area contributed by atoms with Gasteiger partial charge in [0.1, 0.15) is 5.57 Å². The number of anilines is 2. The molecular weight excluding hydrogens is 414 g/mol. The first kappa shape index (κ1) is 22.8. The highest BCUT2D eigenvalue weighted by Crippen LogP contribution is 2.44. The molecule has 0 saturated carbocycles. The Hall–Kier alpha value is -3.41. The van der Waals surface area contributed by atoms with E-state index in [1.807, 2.05) is 26.0 Å². The monoisotopic (exact) mass is 445 g/mol. The first-order chi connectivity index (χ1) is 15.5. The van der Waals surface area contributed by atoms with Crippen LogP contribution in [-0.2, 0) is 9.59 Å². The topological polar surface area (TPSA) is 69.7 Å². The number of hydrogen-bond donors (Lipinski definition) is 1. The SMILES string of the molecule is CCN1c2cc(C)c(/C=C3\C(=O)NC(=O)N(c4ccc(C)cc4)C3=O)cc2[C@@H](C)CC1(C)C. The van der Waals surface area contributed by atoms with Gasteiger partial charge >= 0.3 is 6.03 Å². The Labute approximate surface area is 195 Å². The summed E-state index contributed by atoms with van der Waals surface area (Å²) in [6, 6.07) is 10.6. The fourth-order valence-electron chi connectivity index (χ4n) is 5.15. The Morgan fingerprint density at radius 2 is 1.76 bits per heavy atom. The molecule has 0 unspecified atom stereocenters. The van der Waals surface area contributed by atoms with E-state index in [4.69, 9.17) is 0 Å². The van der Waals surface area contributed by atoms with Gasteiger partial charge in [-0.15, -0.1) is 0 Å². The van der Waals surface area contributed by atoms with Crippen LogP contribution in [0.25, 0.3) is 6.08 Å². The standard InChI is InChI=1S/C27H31N3O3/c1-7-29-23-12-17(3)19(13-21(23)18(4)15-27(29,5)6)14-22-24(31)28-26(33)30(25(22)32)20-10-8-16(2)9-11-20/h8-14,18H,7,15H2,1-6H3,(H,28,31,33)/b22-14+/t18-/m0/s1. The molecule has 2 aromatic carbocycles. The number of benzene rings is 2. The number of nitrogens with one attached hydrogen (secondary N) is 1. The molecule has 2 aliphatic rings. The molecular formula is C27H31N3O3. The molecule has 6 heteroatoms. The van der Waals surface area contributed by atoms with Gasteiger partial charge in [0.25, 0.3) is 11.8 Å². The lowest BCUT2D eigenvalue weighted by Gasteiger charge is -2.47. The summed E-state index contributed by atoms with van der Waals surface area (Å²) in [5.74, 6) is -0.944. The number of aryl methyl sites for hydroxylation is 2. The molecule has 2 aromatic rings. The van der Waals surface area contributed by atoms with Gasteiger partial charge in [-0.25, -0.2) is 9.69 Å². The summed E-state index contributed by atoms with van der Waals surface area (Å²) >= 11 is 0. The van der Waals surface area contributed by atoms with Crippen LogP contribution in [0.2, 0.25) is 0 Å². The van der Waals surface area contributed by atoms with Crippen molar-refractivity contribution in [2.24, 2.45) is 0 Å². The van der Waals surface area contributed by atoms with Gasteiger partial charge in [-0.2, -0.15) is 0 Å². The van der Waals surface area contributed by atoms with Crippen molar-refractivity contribution in [1.29, 1.82) is 0 Å². The second-order valence-corrected chi connectivity index (χ2v) is 9.72. The predicted octanol–water partition coefficient (Wildman–Crippen LogP) is 5.08. The molecule has 0 spiro atoms. The van der Waals surface area contributed by atoms with Gasteiger partial charge in [0.15, 0.2) is 0 Å². The van der Waals surface area contributed by atoms with Crippen LogP contribution in [0.15, 0.2) is 42.0 Å². The molecule has 1 atom stereocenters. The van der Waals surface area contributed by atoms with E-state index >= 15 is 0 Å². The lowest BCUT2D eigenvalue weighted by molar-refractivity contribution is -0.122. The first-order valence-electron chi connectivity index (χ1n) is 11.4. The van der Waals surface area contributed by atoms with E-state index in [0.29, 0.717) is 11.6 Å². The number of barbiturate groups is 1. The minimum absolute atomic E-state index is 0.0469. The number of amides is 4. The van der Waals surface area contributed by atoms with Crippen LogP contribution in [-0.4, -0.2) is 29.9 Å². The minimum atomic E-state index is -0.734. The molecule has 4 amide bonds. The van der Waals surface area contributed by atoms with Crippen LogP contribution in [0, 0.1) is 13.8 Å². The van der Waals surface area contributed by atoms with E-state index in [0.717, 1.165) is 34.6 Å². The smallest absolute Gasteiger partial charge is 0.335 e. The number of urea groups is 1. The molecule has 6 nitrogen and oxygen atoms in total. The summed E-state index contributed by atoms with van der Waals surface area (Å²) in [7, 11) is 0. The molecule has 0 bridgehead atoms. The van der Waals surface area contributed by atoms with Gasteiger partial charge in [0, 0.05) is 17.8 Å². The van der Waals surface area contributed by atoms with E-state index in [1.54, 1.807) is 18.2 Å². The summed E-state index contributed by atoms with van der Waals surface area (Å²) in [5, 5.41) is 2.31. The van der Waals surface area contributed by atoms with Crippen LogP contribution in [0.1, 0.15) is 62.3 Å². The molecule has 1 N–H and O–H groups in total. The Balaban J connectivity index is 1.77. The van der Waals surface area contributed by atoms with Crippen molar-refractivity contribution >= 4 is 35.3 Å². The minimum Gasteiger partial charge on any atom is -0.366 e. The Kier molecular flexibility index (Phi) is 5.64. The van der Waals surface area contributed by atoms with Gasteiger partial charge in [0.05, 0.1) is 5.69 Å². The Morgan fingerprint density at radius 3 is 2.39 bits per heavy atom. The van der Waals surface area contributed by atoms with Crippen LogP contribution in [0.4, 0.5) is 16.2 Å². The zero-order chi connectivity index (χ0) is 24.1. The van der Waals surface area contributed by atoms with Crippen molar-refractivity contribution in [3.63, 3.8) is 0 Å². The van der Waals surface area contributed by atoms with Gasteiger partial charge < -0.3 is 4.90 Å². The van der Waals surface area contributed by atoms with E-state index in [1.165, 1.54) is 11.3 Å². The molecule has 1 fully saturated rings. The summed E-state index contributed by atoms with van der Waals surface area (Å²) in [4.78, 5) is 41.8. The average molecular weight is 446 g/mol. The first-order valence-corrected chi connectivity index (χ1v) is 11.4. The number of fused-ring (bicyclic) bond motifs is 1. The zero-order valence-electron chi connectivity index (χ0n) is 20.2. The van der Waals surface area contributed by atoms with Crippen molar-refractivity contribution in [3.8, 4) is 0 Å². The maximum Gasteiger partial charge on any atom is 0.335 e. The largest absolute Gasteiger partial charge is 0.366 e. The van der Waals surface area contributed by atoms with Crippen molar-refractivity contribution in [3.05, 3.63) is 64.2 Å². The number of nitrogens with zero attached hydrogens (tertiary/aromatic N) is 2. The van der Waals surface area contributed by atoms with Crippen LogP contribution in [0.5, 0.6) is 0 Å². The van der Waals surface area contributed by atoms with Gasteiger partial charge in [-0.3, -0.25) is 14.9 Å². The van der Waals surface area contributed by atoms with Gasteiger partial charge in [0.2, 0.25) is 0 Å². The third-order valence-electron chi connectivity index (χ3n) is 6.78. The number of rotatable bonds is 3. The van der Waals surface area contributed by atoms with Crippen LogP contribution >= 0.6 is 0 Å². The Morgan fingerprint density at radius 1 is 1.09 bits per heavy atom. The number of carbonyl (C=O) groups excluding carboxylic acids is 3. The number of carbonyl (C=O) groups is 3. The molecule has 172 valence electrons. The molecule has 0 aromatic heterocycles. The fourth-order valence-corrected chi connectivity index (χ4v) is 5.15. The van der Waals surface area contributed by atoms with Gasteiger partial charge in [-0.05, 0) is 94.0 Å². The van der Waals surface area contributed by atoms with E-state index in [2.05, 4.69) is 50.0 Å². The molecule has 0 aliphatic carbocycles. The Bertz CT molecular complexity index is 1180. The summed E-state index contributed by atoms with van der Waals surface area (Å²) in [6.07, 6.45) is 2.63. The summed E-state index contributed by atoms with van der Waals surface area (Å²) in [5.41, 5.74) is 5.66. The third-order valence-corrected chi connectivity index (χ3v) is 6.78. The quantitative estimate of drug-likeness (QED) is 0.528. The van der Waals surface area contributed by atoms with Crippen molar-refractivity contribution in [2.45, 2.75) is 59.4 Å². The number of imide groups is 2. The molecule has 2 aliphatic heterocycles. The number of hydrogen-bond acceptors (Lipinski definition) is 4. The second kappa shape index (κ2) is 8.18. The molecule has 1 saturated heterocycles. The molecule has 0 radical (unpaired) electrons. The lowest BCUT2D eigenvalue weighted by Crippen LogP contribution is -2.54. The molecule has 4 rings (SSSR count). The lowest BCUT2D eigenvalue weighted by atomic mass is 9.79. The van der Waals surface area contributed by atoms with Crippen molar-refractivity contribution in [1.82, 2.24) is 5.32 Å². The van der Waals surface area contributed by atoms with E-state index in [-0.39, 0.29) is 11.1 Å². The third kappa shape index (κ3) is 3.94. The van der Waals surface area contributed by atoms with Crippen molar-refractivity contribution < 1.29 is 14.4 Å². The zero-order valence-corrected chi connectivity index (χ0v) is 20.2. The molecule has 33 heavy (non-hydrogen) atoms. The highest BCUT2D eigenvalue weighted by Gasteiger charge is 2.38. The summed E-state index contributed by atoms with van der Waals surface area (Å²) in [6.45, 7) is 13.7. The second-order valence-electron chi connectivity index (χ2n) is 9.72. The van der Waals surface area contributed by atoms with E-state index < -0.39 is 17.8 Å². The maximum absolute atomic E-state index is 13.3. The van der Waals surface area contributed by atoms with Crippen LogP contribution < -0.4 is 15.1 Å². The average Bonchev–Trinajstić information content (AvgIpc) is 2.72. The fraction of sp³-hybridized carbons (Fsp3) is 0.370. The van der Waals surface area contributed by atoms with Crippen molar-refractivity contribution in [2.75, 3.05) is 16.3 Å². The maximum atomic E-state index is 13.3. The van der Waals surface area contributed by atoms with Gasteiger partial charge in [-0.1, -0.05) is 24.6 Å². The van der Waals surface area contributed by atoms with Crippen LogP contribution in [0.3, 0.4) is 0 Å². The predicted molar refractivity (Wildman–Crippen MR) is 131 cm³/mol. The highest BCUT2D eigenvalue weighted by molar-refractivity contribution is 6.39. The normalized spacial score (nSPS) is 21.3. The summed E-state index contributed by atoms with van der Waals surface area (Å²) < 4.78 is 0.